The second-order valence-electron chi connectivity index (χ2n) is 9.57. The Labute approximate surface area is 212 Å². The molecule has 1 aliphatic heterocycles. The zero-order valence-electron chi connectivity index (χ0n) is 21.0. The maximum absolute atomic E-state index is 13.7. The van der Waals surface area contributed by atoms with Crippen LogP contribution in [0.3, 0.4) is 0 Å². The highest BCUT2D eigenvalue weighted by molar-refractivity contribution is 5.98. The van der Waals surface area contributed by atoms with Crippen LogP contribution in [0.2, 0.25) is 0 Å². The Kier molecular flexibility index (Phi) is 8.62. The van der Waals surface area contributed by atoms with E-state index >= 15 is 0 Å². The molecule has 1 aliphatic carbocycles. The number of amides is 2. The standard InChI is InChI=1S/C29H35FN2O4/c1-3-4-16-35-24-14-12-22(13-15-24)20(2)31-28(33)19-32-25-10-5-6-11-26(25)36-27(29(32)34)18-21-8-7-9-23(30)17-21/h7-9,12-15,17-18,20,25-26H,3-6,10-11,16,19H2,1-2H3,(H,31,33)/b27-18+. The molecule has 1 heterocycles. The summed E-state index contributed by atoms with van der Waals surface area (Å²) in [6, 6.07) is 13.4. The van der Waals surface area contributed by atoms with Gasteiger partial charge >= 0.3 is 0 Å². The van der Waals surface area contributed by atoms with Gasteiger partial charge in [0.05, 0.1) is 18.7 Å². The van der Waals surface area contributed by atoms with Gasteiger partial charge in [-0.1, -0.05) is 44.0 Å². The van der Waals surface area contributed by atoms with E-state index in [1.54, 1.807) is 23.1 Å². The van der Waals surface area contributed by atoms with Gasteiger partial charge in [-0.05, 0) is 74.1 Å². The Morgan fingerprint density at radius 2 is 2.00 bits per heavy atom. The topological polar surface area (TPSA) is 67.9 Å². The molecule has 7 heteroatoms. The van der Waals surface area contributed by atoms with E-state index in [9.17, 15) is 14.0 Å². The normalized spacial score (nSPS) is 21.5. The lowest BCUT2D eigenvalue weighted by molar-refractivity contribution is -0.152. The fourth-order valence-corrected chi connectivity index (χ4v) is 4.82. The lowest BCUT2D eigenvalue weighted by Crippen LogP contribution is -2.57. The van der Waals surface area contributed by atoms with Gasteiger partial charge in [0.25, 0.3) is 5.91 Å². The van der Waals surface area contributed by atoms with Crippen LogP contribution in [0.5, 0.6) is 5.75 Å². The van der Waals surface area contributed by atoms with Crippen molar-refractivity contribution in [1.82, 2.24) is 10.2 Å². The van der Waals surface area contributed by atoms with Crippen LogP contribution in [0.1, 0.15) is 69.5 Å². The van der Waals surface area contributed by atoms with Gasteiger partial charge in [-0.2, -0.15) is 0 Å². The summed E-state index contributed by atoms with van der Waals surface area (Å²) in [6.45, 7) is 4.68. The number of carbonyl (C=O) groups excluding carboxylic acids is 2. The number of nitrogens with zero attached hydrogens (tertiary/aromatic N) is 1. The molecule has 2 aliphatic rings. The molecule has 3 atom stereocenters. The summed E-state index contributed by atoms with van der Waals surface area (Å²) in [7, 11) is 0. The smallest absolute Gasteiger partial charge is 0.289 e. The SMILES string of the molecule is CCCCOc1ccc(C(C)NC(=O)CN2C(=O)/C(=C\c3cccc(F)c3)OC3CCCCC32)cc1. The monoisotopic (exact) mass is 494 g/mol. The third-order valence-corrected chi connectivity index (χ3v) is 6.80. The average molecular weight is 495 g/mol. The third-order valence-electron chi connectivity index (χ3n) is 6.80. The Hall–Kier alpha value is -3.35. The van der Waals surface area contributed by atoms with Gasteiger partial charge < -0.3 is 19.7 Å². The molecule has 0 radical (unpaired) electrons. The number of benzene rings is 2. The zero-order chi connectivity index (χ0) is 25.5. The maximum Gasteiger partial charge on any atom is 0.289 e. The Morgan fingerprint density at radius 1 is 1.22 bits per heavy atom. The van der Waals surface area contributed by atoms with E-state index < -0.39 is 0 Å². The number of hydrogen-bond acceptors (Lipinski definition) is 4. The summed E-state index contributed by atoms with van der Waals surface area (Å²) in [6.07, 6.45) is 7.10. The van der Waals surface area contributed by atoms with Crippen molar-refractivity contribution in [3.63, 3.8) is 0 Å². The largest absolute Gasteiger partial charge is 0.494 e. The average Bonchev–Trinajstić information content (AvgIpc) is 2.87. The predicted octanol–water partition coefficient (Wildman–Crippen LogP) is 5.39. The fraction of sp³-hybridized carbons (Fsp3) is 0.448. The molecule has 2 amide bonds. The van der Waals surface area contributed by atoms with Crippen molar-refractivity contribution < 1.29 is 23.5 Å². The lowest BCUT2D eigenvalue weighted by atomic mass is 9.89. The van der Waals surface area contributed by atoms with Gasteiger partial charge in [-0.15, -0.1) is 0 Å². The molecular weight excluding hydrogens is 459 g/mol. The van der Waals surface area contributed by atoms with E-state index in [-0.39, 0.29) is 48.1 Å². The third kappa shape index (κ3) is 6.45. The van der Waals surface area contributed by atoms with Gasteiger partial charge in [-0.25, -0.2) is 4.39 Å². The van der Waals surface area contributed by atoms with Crippen LogP contribution in [-0.2, 0) is 14.3 Å². The summed E-state index contributed by atoms with van der Waals surface area (Å²) in [5.41, 5.74) is 1.51. The number of nitrogens with one attached hydrogen (secondary N) is 1. The molecule has 2 aromatic carbocycles. The van der Waals surface area contributed by atoms with Crippen LogP contribution < -0.4 is 10.1 Å². The minimum atomic E-state index is -0.381. The van der Waals surface area contributed by atoms with Crippen molar-refractivity contribution in [2.75, 3.05) is 13.2 Å². The van der Waals surface area contributed by atoms with Crippen molar-refractivity contribution in [3.05, 3.63) is 71.2 Å². The number of halogens is 1. The fourth-order valence-electron chi connectivity index (χ4n) is 4.82. The van der Waals surface area contributed by atoms with Crippen LogP contribution in [0.25, 0.3) is 6.08 Å². The van der Waals surface area contributed by atoms with Gasteiger partial charge in [0.15, 0.2) is 5.76 Å². The summed E-state index contributed by atoms with van der Waals surface area (Å²) in [5, 5.41) is 3.02. The molecule has 1 saturated heterocycles. The first-order valence-electron chi connectivity index (χ1n) is 12.9. The number of carbonyl (C=O) groups is 2. The summed E-state index contributed by atoms with van der Waals surface area (Å²) in [5.74, 6) is 0.0250. The number of hydrogen-bond donors (Lipinski definition) is 1. The molecule has 192 valence electrons. The summed E-state index contributed by atoms with van der Waals surface area (Å²) < 4.78 is 25.4. The maximum atomic E-state index is 13.7. The molecule has 2 aromatic rings. The van der Waals surface area contributed by atoms with E-state index in [1.165, 1.54) is 12.1 Å². The Bertz CT molecular complexity index is 1080. The van der Waals surface area contributed by atoms with E-state index in [0.717, 1.165) is 49.8 Å². The number of ether oxygens (including phenoxy) is 2. The van der Waals surface area contributed by atoms with E-state index in [2.05, 4.69) is 12.2 Å². The predicted molar refractivity (Wildman–Crippen MR) is 137 cm³/mol. The Morgan fingerprint density at radius 3 is 2.75 bits per heavy atom. The summed E-state index contributed by atoms with van der Waals surface area (Å²) in [4.78, 5) is 28.0. The minimum Gasteiger partial charge on any atom is -0.494 e. The molecule has 6 nitrogen and oxygen atoms in total. The van der Waals surface area contributed by atoms with Crippen LogP contribution >= 0.6 is 0 Å². The van der Waals surface area contributed by atoms with Gasteiger partial charge in [0.2, 0.25) is 5.91 Å². The first kappa shape index (κ1) is 25.7. The molecule has 1 saturated carbocycles. The second-order valence-corrected chi connectivity index (χ2v) is 9.57. The van der Waals surface area contributed by atoms with Gasteiger partial charge in [-0.3, -0.25) is 9.59 Å². The summed E-state index contributed by atoms with van der Waals surface area (Å²) >= 11 is 0. The first-order chi connectivity index (χ1) is 17.4. The van der Waals surface area contributed by atoms with E-state index in [1.807, 2.05) is 31.2 Å². The lowest BCUT2D eigenvalue weighted by Gasteiger charge is -2.44. The van der Waals surface area contributed by atoms with Crippen molar-refractivity contribution in [2.24, 2.45) is 0 Å². The van der Waals surface area contributed by atoms with Crippen LogP contribution in [0.15, 0.2) is 54.3 Å². The highest BCUT2D eigenvalue weighted by Gasteiger charge is 2.42. The number of unbranched alkanes of at least 4 members (excludes halogenated alkanes) is 1. The highest BCUT2D eigenvalue weighted by atomic mass is 19.1. The van der Waals surface area contributed by atoms with Crippen molar-refractivity contribution in [2.45, 2.75) is 70.6 Å². The quantitative estimate of drug-likeness (QED) is 0.375. The first-order valence-corrected chi connectivity index (χ1v) is 12.9. The van der Waals surface area contributed by atoms with Crippen molar-refractivity contribution in [1.29, 1.82) is 0 Å². The highest BCUT2D eigenvalue weighted by Crippen LogP contribution is 2.33. The van der Waals surface area contributed by atoms with E-state index in [0.29, 0.717) is 12.2 Å². The molecule has 36 heavy (non-hydrogen) atoms. The van der Waals surface area contributed by atoms with Crippen LogP contribution in [0, 0.1) is 5.82 Å². The molecule has 1 N–H and O–H groups in total. The molecule has 0 aromatic heterocycles. The Balaban J connectivity index is 1.43. The van der Waals surface area contributed by atoms with Gasteiger partial charge in [0, 0.05) is 0 Å². The number of fused-ring (bicyclic) bond motifs is 1. The van der Waals surface area contributed by atoms with Gasteiger partial charge in [0.1, 0.15) is 24.2 Å². The molecule has 3 unspecified atom stereocenters. The molecule has 0 bridgehead atoms. The zero-order valence-corrected chi connectivity index (χ0v) is 21.0. The number of rotatable bonds is 9. The van der Waals surface area contributed by atoms with Crippen molar-refractivity contribution in [3.8, 4) is 5.75 Å². The van der Waals surface area contributed by atoms with Crippen molar-refractivity contribution >= 4 is 17.9 Å². The number of morpholine rings is 1. The second kappa shape index (κ2) is 12.1. The molecular formula is C29H35FN2O4. The molecule has 0 spiro atoms. The van der Waals surface area contributed by atoms with E-state index in [4.69, 9.17) is 9.47 Å². The van der Waals surface area contributed by atoms with Crippen LogP contribution in [0.4, 0.5) is 4.39 Å². The minimum absolute atomic E-state index is 0.0492. The molecule has 4 rings (SSSR count). The molecule has 2 fully saturated rings. The van der Waals surface area contributed by atoms with Crippen LogP contribution in [-0.4, -0.2) is 42.0 Å².